The highest BCUT2D eigenvalue weighted by atomic mass is 19.1. The van der Waals surface area contributed by atoms with Crippen molar-refractivity contribution >= 4 is 6.21 Å². The molecule has 0 atom stereocenters. The van der Waals surface area contributed by atoms with Crippen LogP contribution in [0.15, 0.2) is 23.3 Å². The number of rotatable bonds is 2. The highest BCUT2D eigenvalue weighted by Crippen LogP contribution is 2.08. The Bertz CT molecular complexity index is 299. The van der Waals surface area contributed by atoms with E-state index in [1.54, 1.807) is 6.07 Å². The van der Waals surface area contributed by atoms with E-state index in [4.69, 9.17) is 10.9 Å². The Morgan fingerprint density at radius 1 is 1.58 bits per heavy atom. The van der Waals surface area contributed by atoms with Gasteiger partial charge < -0.3 is 10.9 Å². The molecule has 0 amide bonds. The third-order valence-corrected chi connectivity index (χ3v) is 1.47. The fourth-order valence-corrected chi connectivity index (χ4v) is 0.858. The van der Waals surface area contributed by atoms with Gasteiger partial charge in [0.05, 0.1) is 12.8 Å². The van der Waals surface area contributed by atoms with Crippen LogP contribution < -0.4 is 5.84 Å². The molecular weight excluding hydrogens is 159 g/mol. The first kappa shape index (κ1) is 8.67. The molecule has 0 aromatic heterocycles. The molecule has 0 aliphatic heterocycles. The number of hydrogen-bond donors (Lipinski definition) is 2. The fraction of sp³-hybridized carbons (Fsp3) is 0.125. The Kier molecular flexibility index (Phi) is 2.76. The molecule has 3 N–H and O–H groups in total. The van der Waals surface area contributed by atoms with Crippen LogP contribution in [0, 0.1) is 5.82 Å². The molecule has 0 radical (unpaired) electrons. The number of nitrogens with zero attached hydrogens (tertiary/aromatic N) is 1. The molecule has 0 spiro atoms. The van der Waals surface area contributed by atoms with Gasteiger partial charge in [0.2, 0.25) is 0 Å². The molecule has 0 saturated carbocycles. The maximum absolute atomic E-state index is 12.9. The normalized spacial score (nSPS) is 10.8. The minimum Gasteiger partial charge on any atom is -0.392 e. The van der Waals surface area contributed by atoms with Crippen molar-refractivity contribution < 1.29 is 9.50 Å². The molecule has 1 aromatic rings. The lowest BCUT2D eigenvalue weighted by Crippen LogP contribution is -1.93. The number of halogens is 1. The number of aliphatic hydroxyl groups excluding tert-OH is 1. The maximum Gasteiger partial charge on any atom is 0.129 e. The van der Waals surface area contributed by atoms with Crippen molar-refractivity contribution in [3.05, 3.63) is 35.1 Å². The zero-order chi connectivity index (χ0) is 8.97. The lowest BCUT2D eigenvalue weighted by atomic mass is 10.1. The molecule has 1 aromatic carbocycles. The number of nitrogens with two attached hydrogens (primary N) is 1. The Hall–Kier alpha value is -1.42. The third-order valence-electron chi connectivity index (χ3n) is 1.47. The van der Waals surface area contributed by atoms with Crippen molar-refractivity contribution in [1.82, 2.24) is 0 Å². The van der Waals surface area contributed by atoms with Gasteiger partial charge in [-0.15, -0.1) is 0 Å². The second-order valence-corrected chi connectivity index (χ2v) is 2.29. The Morgan fingerprint density at radius 3 is 2.83 bits per heavy atom. The van der Waals surface area contributed by atoms with Crippen LogP contribution in [0.2, 0.25) is 0 Å². The van der Waals surface area contributed by atoms with Crippen LogP contribution in [0.3, 0.4) is 0 Å². The summed E-state index contributed by atoms with van der Waals surface area (Å²) < 4.78 is 12.9. The lowest BCUT2D eigenvalue weighted by molar-refractivity contribution is 0.276. The van der Waals surface area contributed by atoms with E-state index < -0.39 is 5.82 Å². The van der Waals surface area contributed by atoms with Crippen molar-refractivity contribution in [3.8, 4) is 0 Å². The van der Waals surface area contributed by atoms with E-state index in [2.05, 4.69) is 5.10 Å². The number of benzene rings is 1. The van der Waals surface area contributed by atoms with Crippen LogP contribution in [0.1, 0.15) is 11.1 Å². The van der Waals surface area contributed by atoms with Gasteiger partial charge in [0, 0.05) is 5.56 Å². The molecule has 0 aliphatic rings. The monoisotopic (exact) mass is 168 g/mol. The summed E-state index contributed by atoms with van der Waals surface area (Å²) in [7, 11) is 0. The quantitative estimate of drug-likeness (QED) is 0.386. The highest BCUT2D eigenvalue weighted by Gasteiger charge is 2.00. The van der Waals surface area contributed by atoms with Gasteiger partial charge in [-0.25, -0.2) is 4.39 Å². The fourth-order valence-electron chi connectivity index (χ4n) is 0.858. The van der Waals surface area contributed by atoms with Gasteiger partial charge in [-0.3, -0.25) is 0 Å². The summed E-state index contributed by atoms with van der Waals surface area (Å²) in [6.45, 7) is -0.300. The van der Waals surface area contributed by atoms with Gasteiger partial charge >= 0.3 is 0 Å². The molecule has 0 aliphatic carbocycles. The molecule has 1 rings (SSSR count). The van der Waals surface area contributed by atoms with E-state index in [1.165, 1.54) is 18.3 Å². The molecule has 0 fully saturated rings. The van der Waals surface area contributed by atoms with E-state index in [0.717, 1.165) is 0 Å². The summed E-state index contributed by atoms with van der Waals surface area (Å²) in [5.41, 5.74) is 0.844. The lowest BCUT2D eigenvalue weighted by Gasteiger charge is -1.98. The topological polar surface area (TPSA) is 58.6 Å². The second-order valence-electron chi connectivity index (χ2n) is 2.29. The van der Waals surface area contributed by atoms with E-state index in [9.17, 15) is 4.39 Å². The third kappa shape index (κ3) is 1.79. The van der Waals surface area contributed by atoms with E-state index >= 15 is 0 Å². The minimum absolute atomic E-state index is 0.268. The van der Waals surface area contributed by atoms with Gasteiger partial charge in [0.25, 0.3) is 0 Å². The summed E-state index contributed by atoms with van der Waals surface area (Å²) in [5.74, 6) is 4.43. The van der Waals surface area contributed by atoms with Crippen LogP contribution in [0.5, 0.6) is 0 Å². The van der Waals surface area contributed by atoms with Crippen LogP contribution in [-0.4, -0.2) is 11.3 Å². The first-order chi connectivity index (χ1) is 5.77. The molecule has 0 bridgehead atoms. The summed E-state index contributed by atoms with van der Waals surface area (Å²) in [4.78, 5) is 0. The second kappa shape index (κ2) is 3.82. The van der Waals surface area contributed by atoms with Crippen LogP contribution in [0.4, 0.5) is 4.39 Å². The predicted octanol–water partition coefficient (Wildman–Crippen LogP) is 0.611. The Labute approximate surface area is 69.3 Å². The molecule has 0 heterocycles. The molecule has 64 valence electrons. The summed E-state index contributed by atoms with van der Waals surface area (Å²) in [5, 5.41) is 11.9. The standard InChI is InChI=1S/C8H9FN2O/c9-8-3-6(4-11-10)1-2-7(8)5-12/h1-4,12H,5,10H2. The molecule has 4 heteroatoms. The summed E-state index contributed by atoms with van der Waals surface area (Å²) in [6.07, 6.45) is 1.34. The van der Waals surface area contributed by atoms with Crippen LogP contribution in [-0.2, 0) is 6.61 Å². The minimum atomic E-state index is -0.449. The van der Waals surface area contributed by atoms with Crippen LogP contribution in [0.25, 0.3) is 0 Å². The van der Waals surface area contributed by atoms with Gasteiger partial charge in [-0.05, 0) is 11.6 Å². The van der Waals surface area contributed by atoms with Gasteiger partial charge in [-0.1, -0.05) is 12.1 Å². The SMILES string of the molecule is NN=Cc1ccc(CO)c(F)c1. The van der Waals surface area contributed by atoms with Crippen molar-refractivity contribution in [1.29, 1.82) is 0 Å². The van der Waals surface area contributed by atoms with Gasteiger partial charge in [0.15, 0.2) is 0 Å². The van der Waals surface area contributed by atoms with E-state index in [1.807, 2.05) is 0 Å². The van der Waals surface area contributed by atoms with Gasteiger partial charge in [0.1, 0.15) is 5.82 Å². The summed E-state index contributed by atoms with van der Waals surface area (Å²) in [6, 6.07) is 4.39. The van der Waals surface area contributed by atoms with E-state index in [-0.39, 0.29) is 12.2 Å². The average molecular weight is 168 g/mol. The first-order valence-corrected chi connectivity index (χ1v) is 3.40. The van der Waals surface area contributed by atoms with Crippen molar-refractivity contribution in [3.63, 3.8) is 0 Å². The maximum atomic E-state index is 12.9. The molecule has 12 heavy (non-hydrogen) atoms. The smallest absolute Gasteiger partial charge is 0.129 e. The number of hydrogen-bond acceptors (Lipinski definition) is 3. The zero-order valence-corrected chi connectivity index (χ0v) is 6.37. The molecule has 0 saturated heterocycles. The van der Waals surface area contributed by atoms with Crippen molar-refractivity contribution in [2.75, 3.05) is 0 Å². The Morgan fingerprint density at radius 2 is 2.33 bits per heavy atom. The summed E-state index contributed by atoms with van der Waals surface area (Å²) >= 11 is 0. The van der Waals surface area contributed by atoms with Crippen molar-refractivity contribution in [2.45, 2.75) is 6.61 Å². The van der Waals surface area contributed by atoms with Crippen molar-refractivity contribution in [2.24, 2.45) is 10.9 Å². The highest BCUT2D eigenvalue weighted by molar-refractivity contribution is 5.79. The van der Waals surface area contributed by atoms with Gasteiger partial charge in [-0.2, -0.15) is 5.10 Å². The van der Waals surface area contributed by atoms with E-state index in [0.29, 0.717) is 5.56 Å². The number of aliphatic hydroxyl groups is 1. The molecular formula is C8H9FN2O. The average Bonchev–Trinajstić information content (AvgIpc) is 2.05. The molecule has 0 unspecified atom stereocenters. The zero-order valence-electron chi connectivity index (χ0n) is 6.37. The predicted molar refractivity (Wildman–Crippen MR) is 44.1 cm³/mol. The number of hydrazone groups is 1. The van der Waals surface area contributed by atoms with Crippen LogP contribution >= 0.6 is 0 Å². The first-order valence-electron chi connectivity index (χ1n) is 3.40. The largest absolute Gasteiger partial charge is 0.392 e. The molecule has 3 nitrogen and oxygen atoms in total. The Balaban J connectivity index is 3.01.